The van der Waals surface area contributed by atoms with Crippen LogP contribution >= 0.6 is 22.7 Å². The minimum atomic E-state index is -0.911. The number of carboxylic acid groups (broad SMARTS) is 1. The fourth-order valence-corrected chi connectivity index (χ4v) is 3.83. The van der Waals surface area contributed by atoms with Crippen molar-refractivity contribution in [3.63, 3.8) is 0 Å². The van der Waals surface area contributed by atoms with Crippen LogP contribution in [-0.2, 0) is 15.0 Å². The van der Waals surface area contributed by atoms with Crippen LogP contribution in [0.5, 0.6) is 0 Å². The zero-order valence-electron chi connectivity index (χ0n) is 12.7. The Kier molecular flexibility index (Phi) is 4.97. The second-order valence-corrected chi connectivity index (χ2v) is 7.32. The summed E-state index contributed by atoms with van der Waals surface area (Å²) in [7, 11) is 1.62. The van der Waals surface area contributed by atoms with E-state index in [9.17, 15) is 9.59 Å². The predicted molar refractivity (Wildman–Crippen MR) is 88.3 cm³/mol. The lowest BCUT2D eigenvalue weighted by molar-refractivity contribution is -0.139. The number of thiophene rings is 1. The van der Waals surface area contributed by atoms with Gasteiger partial charge in [-0.25, -0.2) is 4.98 Å². The molecule has 2 heterocycles. The highest BCUT2D eigenvalue weighted by Crippen LogP contribution is 2.33. The van der Waals surface area contributed by atoms with Gasteiger partial charge < -0.3 is 10.0 Å². The van der Waals surface area contributed by atoms with E-state index in [1.54, 1.807) is 18.4 Å². The molecule has 2 aromatic rings. The third-order valence-electron chi connectivity index (χ3n) is 3.42. The van der Waals surface area contributed by atoms with Crippen molar-refractivity contribution >= 4 is 34.6 Å². The maximum atomic E-state index is 12.6. The summed E-state index contributed by atoms with van der Waals surface area (Å²) in [5, 5.41) is 13.5. The van der Waals surface area contributed by atoms with E-state index in [2.05, 4.69) is 4.98 Å². The third-order valence-corrected chi connectivity index (χ3v) is 5.30. The molecule has 5 nitrogen and oxygen atoms in total. The van der Waals surface area contributed by atoms with E-state index >= 15 is 0 Å². The highest BCUT2D eigenvalue weighted by Gasteiger charge is 2.34. The zero-order valence-corrected chi connectivity index (χ0v) is 14.3. The van der Waals surface area contributed by atoms with Crippen LogP contribution in [0.3, 0.4) is 0 Å². The van der Waals surface area contributed by atoms with Gasteiger partial charge in [-0.05, 0) is 25.3 Å². The summed E-state index contributed by atoms with van der Waals surface area (Å²) in [6.07, 6.45) is -0.0597. The first-order valence-corrected chi connectivity index (χ1v) is 8.55. The molecule has 1 amide bonds. The largest absolute Gasteiger partial charge is 0.481 e. The first kappa shape index (κ1) is 16.6. The minimum Gasteiger partial charge on any atom is -0.481 e. The van der Waals surface area contributed by atoms with Crippen molar-refractivity contribution < 1.29 is 14.7 Å². The van der Waals surface area contributed by atoms with E-state index < -0.39 is 11.4 Å². The number of rotatable bonds is 6. The van der Waals surface area contributed by atoms with E-state index in [1.807, 2.05) is 36.7 Å². The van der Waals surface area contributed by atoms with Crippen LogP contribution in [0.1, 0.15) is 26.0 Å². The smallest absolute Gasteiger partial charge is 0.305 e. The molecule has 2 rings (SSSR count). The molecule has 0 aliphatic rings. The van der Waals surface area contributed by atoms with E-state index in [1.165, 1.54) is 16.2 Å². The molecule has 118 valence electrons. The standard InChI is InChI=1S/C15H18N2O3S2/c1-15(2,14(20)17(3)7-6-12(18)19)11-9-22-13(16-11)10-5-4-8-21-10/h4-5,8-9H,6-7H2,1-3H3,(H,18,19). The summed E-state index contributed by atoms with van der Waals surface area (Å²) in [4.78, 5) is 30.3. The first-order chi connectivity index (χ1) is 10.3. The number of hydrogen-bond donors (Lipinski definition) is 1. The highest BCUT2D eigenvalue weighted by molar-refractivity contribution is 7.20. The van der Waals surface area contributed by atoms with Crippen LogP contribution in [0.4, 0.5) is 0 Å². The molecular formula is C15H18N2O3S2. The van der Waals surface area contributed by atoms with Crippen molar-refractivity contribution in [2.45, 2.75) is 25.7 Å². The van der Waals surface area contributed by atoms with Gasteiger partial charge in [0.1, 0.15) is 5.01 Å². The average molecular weight is 338 g/mol. The van der Waals surface area contributed by atoms with E-state index in [4.69, 9.17) is 5.11 Å². The Morgan fingerprint density at radius 3 is 2.68 bits per heavy atom. The van der Waals surface area contributed by atoms with Crippen LogP contribution in [0.25, 0.3) is 9.88 Å². The second-order valence-electron chi connectivity index (χ2n) is 5.51. The highest BCUT2D eigenvalue weighted by atomic mass is 32.1. The molecule has 0 unspecified atom stereocenters. The second kappa shape index (κ2) is 6.58. The Labute approximate surface area is 137 Å². The first-order valence-electron chi connectivity index (χ1n) is 6.79. The molecule has 0 fully saturated rings. The van der Waals surface area contributed by atoms with Gasteiger partial charge in [0.2, 0.25) is 5.91 Å². The number of carbonyl (C=O) groups is 2. The van der Waals surface area contributed by atoms with Crippen molar-refractivity contribution in [3.8, 4) is 9.88 Å². The monoisotopic (exact) mass is 338 g/mol. The summed E-state index contributed by atoms with van der Waals surface area (Å²) in [5.41, 5.74) is -0.0627. The number of nitrogens with zero attached hydrogens (tertiary/aromatic N) is 2. The Morgan fingerprint density at radius 2 is 2.09 bits per heavy atom. The van der Waals surface area contributed by atoms with Gasteiger partial charge in [0, 0.05) is 19.0 Å². The van der Waals surface area contributed by atoms with Crippen LogP contribution in [0, 0.1) is 0 Å². The molecule has 1 N–H and O–H groups in total. The fourth-order valence-electron chi connectivity index (χ4n) is 2.03. The molecule has 7 heteroatoms. The number of thiazole rings is 1. The van der Waals surface area contributed by atoms with Crippen LogP contribution in [0.15, 0.2) is 22.9 Å². The van der Waals surface area contributed by atoms with E-state index in [-0.39, 0.29) is 18.9 Å². The fraction of sp³-hybridized carbons (Fsp3) is 0.400. The van der Waals surface area contributed by atoms with Gasteiger partial charge in [-0.15, -0.1) is 22.7 Å². The lowest BCUT2D eigenvalue weighted by Crippen LogP contribution is -2.42. The minimum absolute atomic E-state index is 0.0597. The third kappa shape index (κ3) is 3.53. The molecule has 0 atom stereocenters. The van der Waals surface area contributed by atoms with Gasteiger partial charge in [0.05, 0.1) is 22.4 Å². The van der Waals surface area contributed by atoms with Crippen molar-refractivity contribution in [2.24, 2.45) is 0 Å². The van der Waals surface area contributed by atoms with Gasteiger partial charge in [0.25, 0.3) is 0 Å². The summed E-state index contributed by atoms with van der Waals surface area (Å²) >= 11 is 3.13. The van der Waals surface area contributed by atoms with Crippen LogP contribution < -0.4 is 0 Å². The lowest BCUT2D eigenvalue weighted by atomic mass is 9.88. The maximum Gasteiger partial charge on any atom is 0.305 e. The molecule has 0 spiro atoms. The quantitative estimate of drug-likeness (QED) is 0.879. The van der Waals surface area contributed by atoms with Gasteiger partial charge in [0.15, 0.2) is 0 Å². The molecule has 0 saturated carbocycles. The molecule has 22 heavy (non-hydrogen) atoms. The Hall–Kier alpha value is -1.73. The molecule has 0 aromatic carbocycles. The molecular weight excluding hydrogens is 320 g/mol. The maximum absolute atomic E-state index is 12.6. The van der Waals surface area contributed by atoms with Crippen molar-refractivity contribution in [2.75, 3.05) is 13.6 Å². The normalized spacial score (nSPS) is 11.4. The molecule has 0 aliphatic heterocycles. The number of amides is 1. The number of carbonyl (C=O) groups excluding carboxylic acids is 1. The van der Waals surface area contributed by atoms with Crippen molar-refractivity contribution in [1.82, 2.24) is 9.88 Å². The van der Waals surface area contributed by atoms with Gasteiger partial charge in [-0.3, -0.25) is 9.59 Å². The Balaban J connectivity index is 2.15. The summed E-state index contributed by atoms with van der Waals surface area (Å²) in [6, 6.07) is 3.97. The molecule has 0 radical (unpaired) electrons. The molecule has 0 aliphatic carbocycles. The SMILES string of the molecule is CN(CCC(=O)O)C(=O)C(C)(C)c1csc(-c2cccs2)n1. The summed E-state index contributed by atoms with van der Waals surface area (Å²) < 4.78 is 0. The summed E-state index contributed by atoms with van der Waals surface area (Å²) in [5.74, 6) is -1.04. The van der Waals surface area contributed by atoms with Crippen molar-refractivity contribution in [1.29, 1.82) is 0 Å². The van der Waals surface area contributed by atoms with Gasteiger partial charge >= 0.3 is 5.97 Å². The number of carboxylic acids is 1. The molecule has 2 aromatic heterocycles. The number of hydrogen-bond acceptors (Lipinski definition) is 5. The number of aliphatic carboxylic acids is 1. The van der Waals surface area contributed by atoms with Crippen LogP contribution in [-0.4, -0.2) is 40.5 Å². The number of aromatic nitrogens is 1. The topological polar surface area (TPSA) is 70.5 Å². The van der Waals surface area contributed by atoms with Crippen LogP contribution in [0.2, 0.25) is 0 Å². The van der Waals surface area contributed by atoms with Crippen molar-refractivity contribution in [3.05, 3.63) is 28.6 Å². The lowest BCUT2D eigenvalue weighted by Gasteiger charge is -2.27. The molecule has 0 bridgehead atoms. The predicted octanol–water partition coefficient (Wildman–Crippen LogP) is 3.08. The van der Waals surface area contributed by atoms with E-state index in [0.717, 1.165) is 9.88 Å². The van der Waals surface area contributed by atoms with Gasteiger partial charge in [-0.2, -0.15) is 0 Å². The summed E-state index contributed by atoms with van der Waals surface area (Å²) in [6.45, 7) is 3.83. The Morgan fingerprint density at radius 1 is 1.36 bits per heavy atom. The zero-order chi connectivity index (χ0) is 16.3. The Bertz CT molecular complexity index is 662. The average Bonchev–Trinajstić information content (AvgIpc) is 3.13. The number of likely N-dealkylation sites (N-methyl/N-ethyl adjacent to an activating group) is 1. The van der Waals surface area contributed by atoms with E-state index in [0.29, 0.717) is 5.69 Å². The van der Waals surface area contributed by atoms with Gasteiger partial charge in [-0.1, -0.05) is 6.07 Å². The molecule has 0 saturated heterocycles.